The van der Waals surface area contributed by atoms with Crippen LogP contribution in [0.4, 0.5) is 0 Å². The summed E-state index contributed by atoms with van der Waals surface area (Å²) in [5.41, 5.74) is 1.52. The predicted molar refractivity (Wildman–Crippen MR) is 235 cm³/mol. The first-order valence-electron chi connectivity index (χ1n) is 26.0. The van der Waals surface area contributed by atoms with Crippen molar-refractivity contribution in [2.75, 3.05) is 0 Å². The first kappa shape index (κ1) is 20.3. The zero-order valence-electron chi connectivity index (χ0n) is 46.0. The average Bonchev–Trinajstić information content (AvgIpc) is 3.92. The highest BCUT2D eigenvalue weighted by Crippen LogP contribution is 2.36. The van der Waals surface area contributed by atoms with E-state index in [1.165, 1.54) is 0 Å². The molecule has 0 bridgehead atoms. The fraction of sp³-hybridized carbons (Fsp3) is 0.0192. The van der Waals surface area contributed by atoms with Gasteiger partial charge < -0.3 is 4.57 Å². The van der Waals surface area contributed by atoms with E-state index in [1.54, 1.807) is 0 Å². The van der Waals surface area contributed by atoms with Crippen molar-refractivity contribution in [3.8, 4) is 56.7 Å². The van der Waals surface area contributed by atoms with E-state index in [-0.39, 0.29) is 28.4 Å². The summed E-state index contributed by atoms with van der Waals surface area (Å²) in [6.07, 6.45) is 0. The lowest BCUT2D eigenvalue weighted by Gasteiger charge is -2.13. The van der Waals surface area contributed by atoms with Crippen molar-refractivity contribution in [1.29, 1.82) is 0 Å². The van der Waals surface area contributed by atoms with Crippen molar-refractivity contribution in [1.82, 2.24) is 24.1 Å². The van der Waals surface area contributed by atoms with Crippen molar-refractivity contribution in [3.05, 3.63) is 199 Å². The maximum absolute atomic E-state index is 9.87. The van der Waals surface area contributed by atoms with Crippen molar-refractivity contribution in [2.45, 2.75) is 6.92 Å². The Morgan fingerprint density at radius 1 is 0.404 bits per heavy atom. The number of fused-ring (bicyclic) bond motifs is 6. The molecule has 0 spiro atoms. The van der Waals surface area contributed by atoms with E-state index >= 15 is 0 Å². The first-order valence-corrected chi connectivity index (χ1v) is 18.0. The minimum Gasteiger partial charge on any atom is -0.309 e. The number of benzene rings is 8. The van der Waals surface area contributed by atoms with Crippen molar-refractivity contribution in [2.24, 2.45) is 0 Å². The molecule has 57 heavy (non-hydrogen) atoms. The Morgan fingerprint density at radius 2 is 1.00 bits per heavy atom. The zero-order valence-corrected chi connectivity index (χ0v) is 30.0. The van der Waals surface area contributed by atoms with Gasteiger partial charge in [-0.1, -0.05) is 151 Å². The second-order valence-corrected chi connectivity index (χ2v) is 13.4. The molecule has 0 radical (unpaired) electrons. The van der Waals surface area contributed by atoms with Crippen LogP contribution in [0.5, 0.6) is 0 Å². The van der Waals surface area contributed by atoms with Crippen molar-refractivity contribution < 1.29 is 21.9 Å². The number of rotatable bonds is 6. The summed E-state index contributed by atoms with van der Waals surface area (Å²) >= 11 is 0. The third-order valence-electron chi connectivity index (χ3n) is 9.87. The molecule has 8 aromatic carbocycles. The van der Waals surface area contributed by atoms with E-state index in [9.17, 15) is 9.60 Å². The number of aromatic nitrogens is 5. The molecule has 11 aromatic rings. The van der Waals surface area contributed by atoms with Crippen LogP contribution in [0, 0.1) is 6.92 Å². The quantitative estimate of drug-likeness (QED) is 0.170. The van der Waals surface area contributed by atoms with E-state index in [1.807, 2.05) is 109 Å². The van der Waals surface area contributed by atoms with Crippen molar-refractivity contribution in [3.63, 3.8) is 0 Å². The van der Waals surface area contributed by atoms with Gasteiger partial charge in [0.15, 0.2) is 11.6 Å². The summed E-state index contributed by atoms with van der Waals surface area (Å²) in [4.78, 5) is 14.7. The lowest BCUT2D eigenvalue weighted by atomic mass is 10.0. The molecule has 0 unspecified atom stereocenters. The lowest BCUT2D eigenvalue weighted by molar-refractivity contribution is 0.953. The van der Waals surface area contributed by atoms with E-state index in [0.29, 0.717) is 5.56 Å². The second kappa shape index (κ2) is 13.3. The van der Waals surface area contributed by atoms with Crippen LogP contribution in [0.25, 0.3) is 100 Å². The zero-order chi connectivity index (χ0) is 51.8. The minimum absolute atomic E-state index is 0.0721. The summed E-state index contributed by atoms with van der Waals surface area (Å²) in [7, 11) is 0. The largest absolute Gasteiger partial charge is 0.309 e. The highest BCUT2D eigenvalue weighted by Gasteiger charge is 2.19. The topological polar surface area (TPSA) is 48.5 Å². The molecule has 0 aliphatic rings. The Bertz CT molecular complexity index is 4150. The smallest absolute Gasteiger partial charge is 0.238 e. The van der Waals surface area contributed by atoms with Gasteiger partial charge in [-0.2, -0.15) is 9.97 Å². The predicted octanol–water partition coefficient (Wildman–Crippen LogP) is 13.0. The normalized spacial score (nSPS) is 15.5. The summed E-state index contributed by atoms with van der Waals surface area (Å²) < 4.78 is 148. The Hall–Kier alpha value is -7.63. The summed E-state index contributed by atoms with van der Waals surface area (Å²) in [6, 6.07) is 18.5. The summed E-state index contributed by atoms with van der Waals surface area (Å²) in [5.74, 6) is -0.105. The fourth-order valence-electron chi connectivity index (χ4n) is 7.24. The average molecular weight is 746 g/mol. The third-order valence-corrected chi connectivity index (χ3v) is 9.87. The van der Waals surface area contributed by atoms with Crippen molar-refractivity contribution >= 4 is 43.6 Å². The van der Waals surface area contributed by atoms with Gasteiger partial charge in [0.1, 0.15) is 0 Å². The molecule has 5 heteroatoms. The van der Waals surface area contributed by atoms with Gasteiger partial charge in [-0.25, -0.2) is 4.98 Å². The maximum Gasteiger partial charge on any atom is 0.238 e. The van der Waals surface area contributed by atoms with E-state index in [4.69, 9.17) is 27.3 Å². The third kappa shape index (κ3) is 5.59. The molecule has 268 valence electrons. The Balaban J connectivity index is 1.22. The van der Waals surface area contributed by atoms with Gasteiger partial charge in [-0.15, -0.1) is 0 Å². The molecule has 0 saturated carbocycles. The van der Waals surface area contributed by atoms with Crippen LogP contribution in [0.15, 0.2) is 194 Å². The highest BCUT2D eigenvalue weighted by atomic mass is 15.2. The molecule has 0 atom stereocenters. The molecular weight excluding hydrogens is 695 g/mol. The molecule has 3 aromatic heterocycles. The monoisotopic (exact) mass is 745 g/mol. The van der Waals surface area contributed by atoms with E-state index in [2.05, 4.69) is 0 Å². The van der Waals surface area contributed by atoms with Gasteiger partial charge in [-0.05, 0) is 77.1 Å². The van der Waals surface area contributed by atoms with Gasteiger partial charge in [-0.3, -0.25) is 4.57 Å². The highest BCUT2D eigenvalue weighted by molar-refractivity contribution is 6.10. The van der Waals surface area contributed by atoms with Gasteiger partial charge in [0, 0.05) is 38.4 Å². The molecule has 11 rings (SSSR count). The van der Waals surface area contributed by atoms with Crippen LogP contribution in [-0.2, 0) is 0 Å². The van der Waals surface area contributed by atoms with Crippen LogP contribution in [0.2, 0.25) is 0 Å². The van der Waals surface area contributed by atoms with Gasteiger partial charge in [0.05, 0.1) is 44.0 Å². The fourth-order valence-corrected chi connectivity index (χ4v) is 7.24. The number of hydrogen-bond donors (Lipinski definition) is 0. The van der Waals surface area contributed by atoms with Crippen LogP contribution in [-0.4, -0.2) is 24.1 Å². The summed E-state index contributed by atoms with van der Waals surface area (Å²) in [6.45, 7) is 1.94. The standard InChI is InChI=1S/C52H35N5/c1-34-25-30-45-44-21-7-10-24-48(44)57(49(45)31-34)52-54-50(37-28-26-36(27-29-37)35-13-3-2-4-14-35)53-51(55-52)40-17-11-15-38(32-40)39-16-12-18-41(33-39)56-46-22-8-5-19-42(46)43-20-6-9-23-47(43)56/h2-33H,1H3/i5D,6D,8D,9D,11D,12D,15D,16D,17D,18D,19D,20D,22D,23D,32D,33D. The number of nitrogens with zero attached hydrogens (tertiary/aromatic N) is 5. The molecule has 3 heterocycles. The van der Waals surface area contributed by atoms with E-state index in [0.717, 1.165) is 43.1 Å². The number of aryl methyl sites for hydroxylation is 1. The van der Waals surface area contributed by atoms with Crippen LogP contribution in [0.1, 0.15) is 27.5 Å². The molecule has 0 aliphatic heterocycles. The SMILES string of the molecule is [2H]c1c([2H])c(-c2nc(-c3ccc(-c4ccccc4)cc3)nc(-n3c4ccccc4c4ccc(C)cc43)n2)c([2H])c(-c2c([2H])c([2H])c([2H])c(-n3c4c([2H])c([2H])c([2H])c([2H])c4c4c([2H])c([2H])c([2H])c([2H])c43)c2[2H])c1[2H]. The van der Waals surface area contributed by atoms with E-state index < -0.39 is 130 Å². The van der Waals surface area contributed by atoms with Gasteiger partial charge in [0.25, 0.3) is 0 Å². The van der Waals surface area contributed by atoms with Crippen LogP contribution >= 0.6 is 0 Å². The minimum atomic E-state index is -0.884. The molecular formula is C52H35N5. The van der Waals surface area contributed by atoms with Gasteiger partial charge >= 0.3 is 0 Å². The molecule has 0 aliphatic carbocycles. The Kier molecular flexibility index (Phi) is 4.74. The molecule has 0 amide bonds. The molecule has 0 saturated heterocycles. The molecule has 0 fully saturated rings. The number of hydrogen-bond acceptors (Lipinski definition) is 3. The summed E-state index contributed by atoms with van der Waals surface area (Å²) in [5, 5.41) is 1.04. The molecule has 0 N–H and O–H groups in total. The lowest BCUT2D eigenvalue weighted by Crippen LogP contribution is -2.06. The van der Waals surface area contributed by atoms with Crippen LogP contribution in [0.3, 0.4) is 0 Å². The maximum atomic E-state index is 9.87. The number of para-hydroxylation sites is 3. The second-order valence-electron chi connectivity index (χ2n) is 13.4. The van der Waals surface area contributed by atoms with Gasteiger partial charge in [0.2, 0.25) is 5.95 Å². The Morgan fingerprint density at radius 3 is 1.77 bits per heavy atom. The van der Waals surface area contributed by atoms with Crippen LogP contribution < -0.4 is 0 Å². The Labute approximate surface area is 352 Å². The molecule has 5 nitrogen and oxygen atoms in total. The first-order chi connectivity index (χ1) is 34.8.